The van der Waals surface area contributed by atoms with Gasteiger partial charge in [0.25, 0.3) is 5.91 Å². The van der Waals surface area contributed by atoms with E-state index in [1.807, 2.05) is 0 Å². The Labute approximate surface area is 148 Å². The van der Waals surface area contributed by atoms with Crippen LogP contribution in [0.15, 0.2) is 23.1 Å². The van der Waals surface area contributed by atoms with Gasteiger partial charge >= 0.3 is 0 Å². The summed E-state index contributed by atoms with van der Waals surface area (Å²) in [5.74, 6) is 0.265. The number of rotatable bonds is 7. The van der Waals surface area contributed by atoms with E-state index in [9.17, 15) is 13.2 Å². The number of carbonyl (C=O) groups is 1. The van der Waals surface area contributed by atoms with Crippen molar-refractivity contribution in [3.05, 3.63) is 18.2 Å². The molecule has 0 bridgehead atoms. The highest BCUT2D eigenvalue weighted by Gasteiger charge is 2.28. The number of hydrogen-bond donors (Lipinski definition) is 2. The Morgan fingerprint density at radius 1 is 1.36 bits per heavy atom. The molecule has 2 atom stereocenters. The molecule has 3 rings (SSSR count). The minimum atomic E-state index is -3.66. The van der Waals surface area contributed by atoms with Crippen LogP contribution in [0.1, 0.15) is 39.0 Å². The summed E-state index contributed by atoms with van der Waals surface area (Å²) in [6.45, 7) is 2.98. The number of amides is 1. The number of nitrogens with one attached hydrogen (secondary N) is 2. The van der Waals surface area contributed by atoms with Crippen LogP contribution in [0.5, 0.6) is 5.75 Å². The Balaban J connectivity index is 1.70. The predicted octanol–water partition coefficient (Wildman–Crippen LogP) is 2.03. The first-order valence-corrected chi connectivity index (χ1v) is 10.2. The molecule has 0 spiro atoms. The second kappa shape index (κ2) is 7.72. The molecule has 2 heterocycles. The topological polar surface area (TPSA) is 93.7 Å². The predicted molar refractivity (Wildman–Crippen MR) is 93.2 cm³/mol. The normalized spacial score (nSPS) is 23.0. The lowest BCUT2D eigenvalue weighted by molar-refractivity contribution is -0.123. The Hall–Kier alpha value is -1.64. The Bertz CT molecular complexity index is 729. The lowest BCUT2D eigenvalue weighted by Crippen LogP contribution is -2.37. The summed E-state index contributed by atoms with van der Waals surface area (Å²) in [7, 11) is -3.66. The van der Waals surface area contributed by atoms with E-state index in [1.165, 1.54) is 12.1 Å². The highest BCUT2D eigenvalue weighted by molar-refractivity contribution is 7.89. The Morgan fingerprint density at radius 3 is 2.92 bits per heavy atom. The van der Waals surface area contributed by atoms with Gasteiger partial charge < -0.3 is 14.8 Å². The minimum Gasteiger partial charge on any atom is -0.478 e. The molecule has 1 amide bonds. The van der Waals surface area contributed by atoms with Crippen LogP contribution in [0.3, 0.4) is 0 Å². The second-order valence-electron chi connectivity index (χ2n) is 6.38. The van der Waals surface area contributed by atoms with Crippen LogP contribution in [-0.2, 0) is 19.6 Å². The summed E-state index contributed by atoms with van der Waals surface area (Å²) >= 11 is 0. The zero-order chi connectivity index (χ0) is 17.9. The standard InChI is InChI=1S/C17H24N2O5S/c1-2-3-6-16-17(20)19-14-10-13(7-8-15(14)24-16)25(21,22)18-11-12-5-4-9-23-12/h7-8,10,12,16,18H,2-6,9,11H2,1H3,(H,19,20)/t12-,16+/m1/s1. The molecule has 25 heavy (non-hydrogen) atoms. The van der Waals surface area contributed by atoms with Crippen molar-refractivity contribution in [1.29, 1.82) is 0 Å². The van der Waals surface area contributed by atoms with E-state index in [0.717, 1.165) is 25.7 Å². The molecule has 0 saturated carbocycles. The lowest BCUT2D eigenvalue weighted by atomic mass is 10.1. The third-order valence-corrected chi connectivity index (χ3v) is 5.85. The van der Waals surface area contributed by atoms with E-state index in [-0.39, 0.29) is 23.5 Å². The van der Waals surface area contributed by atoms with Gasteiger partial charge in [-0.2, -0.15) is 0 Å². The molecule has 0 radical (unpaired) electrons. The quantitative estimate of drug-likeness (QED) is 0.768. The summed E-state index contributed by atoms with van der Waals surface area (Å²) in [5, 5.41) is 2.75. The van der Waals surface area contributed by atoms with Gasteiger partial charge in [0.1, 0.15) is 5.75 Å². The van der Waals surface area contributed by atoms with E-state index in [1.54, 1.807) is 6.07 Å². The van der Waals surface area contributed by atoms with Crippen LogP contribution in [0.25, 0.3) is 0 Å². The van der Waals surface area contributed by atoms with Crippen LogP contribution in [0, 0.1) is 0 Å². The van der Waals surface area contributed by atoms with Gasteiger partial charge in [-0.15, -0.1) is 0 Å². The molecule has 7 nitrogen and oxygen atoms in total. The molecular weight excluding hydrogens is 344 g/mol. The van der Waals surface area contributed by atoms with E-state index < -0.39 is 16.1 Å². The van der Waals surface area contributed by atoms with Crippen LogP contribution in [0.4, 0.5) is 5.69 Å². The van der Waals surface area contributed by atoms with Crippen molar-refractivity contribution < 1.29 is 22.7 Å². The van der Waals surface area contributed by atoms with Gasteiger partial charge in [-0.3, -0.25) is 4.79 Å². The number of anilines is 1. The summed E-state index contributed by atoms with van der Waals surface area (Å²) < 4.78 is 38.6. The van der Waals surface area contributed by atoms with Crippen molar-refractivity contribution in [3.63, 3.8) is 0 Å². The van der Waals surface area contributed by atoms with Gasteiger partial charge in [-0.1, -0.05) is 13.3 Å². The first kappa shape index (κ1) is 18.2. The van der Waals surface area contributed by atoms with E-state index in [2.05, 4.69) is 17.0 Å². The number of ether oxygens (including phenoxy) is 2. The zero-order valence-corrected chi connectivity index (χ0v) is 15.1. The van der Waals surface area contributed by atoms with Gasteiger partial charge in [0, 0.05) is 13.2 Å². The Kier molecular flexibility index (Phi) is 5.61. The van der Waals surface area contributed by atoms with Crippen molar-refractivity contribution in [2.24, 2.45) is 0 Å². The average molecular weight is 368 g/mol. The fraction of sp³-hybridized carbons (Fsp3) is 0.588. The number of hydrogen-bond acceptors (Lipinski definition) is 5. The third-order valence-electron chi connectivity index (χ3n) is 4.43. The SMILES string of the molecule is CCCC[C@@H]1Oc2ccc(S(=O)(=O)NC[C@H]3CCCO3)cc2NC1=O. The van der Waals surface area contributed by atoms with Crippen molar-refractivity contribution in [3.8, 4) is 5.75 Å². The van der Waals surface area contributed by atoms with Gasteiger partial charge in [0.05, 0.1) is 16.7 Å². The smallest absolute Gasteiger partial charge is 0.265 e. The lowest BCUT2D eigenvalue weighted by Gasteiger charge is -2.26. The van der Waals surface area contributed by atoms with E-state index in [0.29, 0.717) is 24.5 Å². The van der Waals surface area contributed by atoms with Crippen molar-refractivity contribution >= 4 is 21.6 Å². The Morgan fingerprint density at radius 2 is 2.20 bits per heavy atom. The first-order valence-electron chi connectivity index (χ1n) is 8.72. The highest BCUT2D eigenvalue weighted by Crippen LogP contribution is 2.33. The molecule has 2 aliphatic heterocycles. The fourth-order valence-corrected chi connectivity index (χ4v) is 4.06. The van der Waals surface area contributed by atoms with Crippen LogP contribution in [-0.4, -0.2) is 39.7 Å². The maximum Gasteiger partial charge on any atom is 0.265 e. The maximum atomic E-state index is 12.4. The maximum absolute atomic E-state index is 12.4. The molecule has 0 unspecified atom stereocenters. The van der Waals surface area contributed by atoms with Crippen molar-refractivity contribution in [2.75, 3.05) is 18.5 Å². The molecule has 138 valence electrons. The molecule has 1 aromatic rings. The largest absolute Gasteiger partial charge is 0.478 e. The molecule has 1 aromatic carbocycles. The fourth-order valence-electron chi connectivity index (χ4n) is 2.97. The summed E-state index contributed by atoms with van der Waals surface area (Å²) in [6.07, 6.45) is 3.73. The summed E-state index contributed by atoms with van der Waals surface area (Å²) in [5.41, 5.74) is 0.387. The zero-order valence-electron chi connectivity index (χ0n) is 14.3. The molecule has 2 N–H and O–H groups in total. The van der Waals surface area contributed by atoms with Crippen LogP contribution in [0.2, 0.25) is 0 Å². The number of fused-ring (bicyclic) bond motifs is 1. The van der Waals surface area contributed by atoms with Crippen molar-refractivity contribution in [1.82, 2.24) is 4.72 Å². The van der Waals surface area contributed by atoms with Crippen molar-refractivity contribution in [2.45, 2.75) is 56.1 Å². The third kappa shape index (κ3) is 4.31. The van der Waals surface area contributed by atoms with E-state index >= 15 is 0 Å². The second-order valence-corrected chi connectivity index (χ2v) is 8.15. The van der Waals surface area contributed by atoms with Gasteiger partial charge in [0.2, 0.25) is 10.0 Å². The van der Waals surface area contributed by atoms with Crippen LogP contribution >= 0.6 is 0 Å². The minimum absolute atomic E-state index is 0.0743. The first-order chi connectivity index (χ1) is 12.0. The van der Waals surface area contributed by atoms with E-state index in [4.69, 9.17) is 9.47 Å². The summed E-state index contributed by atoms with van der Waals surface area (Å²) in [4.78, 5) is 12.2. The molecule has 2 aliphatic rings. The molecule has 1 saturated heterocycles. The molecule has 0 aromatic heterocycles. The molecule has 1 fully saturated rings. The summed E-state index contributed by atoms with van der Waals surface area (Å²) in [6, 6.07) is 4.51. The number of carbonyl (C=O) groups excluding carboxylic acids is 1. The molecule has 0 aliphatic carbocycles. The monoisotopic (exact) mass is 368 g/mol. The van der Waals surface area contributed by atoms with Gasteiger partial charge in [-0.05, 0) is 43.9 Å². The van der Waals surface area contributed by atoms with Gasteiger partial charge in [0.15, 0.2) is 6.10 Å². The number of benzene rings is 1. The number of sulfonamides is 1. The van der Waals surface area contributed by atoms with Gasteiger partial charge in [-0.25, -0.2) is 13.1 Å². The number of unbranched alkanes of at least 4 members (excludes halogenated alkanes) is 1. The molecular formula is C17H24N2O5S. The highest BCUT2D eigenvalue weighted by atomic mass is 32.2. The molecule has 8 heteroatoms. The average Bonchev–Trinajstić information content (AvgIpc) is 3.11. The van der Waals surface area contributed by atoms with Crippen LogP contribution < -0.4 is 14.8 Å².